The van der Waals surface area contributed by atoms with E-state index < -0.39 is 5.60 Å². The minimum atomic E-state index is -0.672. The monoisotopic (exact) mass is 290 g/mol. The third-order valence-electron chi connectivity index (χ3n) is 3.02. The summed E-state index contributed by atoms with van der Waals surface area (Å²) in [5.41, 5.74) is 1.56. The van der Waals surface area contributed by atoms with Crippen molar-refractivity contribution in [1.29, 1.82) is 0 Å². The van der Waals surface area contributed by atoms with E-state index in [1.807, 2.05) is 32.0 Å². The van der Waals surface area contributed by atoms with Crippen LogP contribution in [0.5, 0.6) is 0 Å². The zero-order valence-corrected chi connectivity index (χ0v) is 13.2. The van der Waals surface area contributed by atoms with Crippen LogP contribution < -0.4 is 0 Å². The van der Waals surface area contributed by atoms with E-state index in [-0.39, 0.29) is 0 Å². The molecule has 0 fully saturated rings. The van der Waals surface area contributed by atoms with Crippen LogP contribution in [0.2, 0.25) is 0 Å². The summed E-state index contributed by atoms with van der Waals surface area (Å²) in [6.07, 6.45) is 0. The van der Waals surface area contributed by atoms with Gasteiger partial charge in [-0.2, -0.15) is 0 Å². The Morgan fingerprint density at radius 2 is 1.95 bits per heavy atom. The molecular formula is C16H22N2OS. The summed E-state index contributed by atoms with van der Waals surface area (Å²) in [5.74, 6) is 0. The molecule has 2 aromatic rings. The molecule has 0 aliphatic rings. The van der Waals surface area contributed by atoms with Gasteiger partial charge in [0.2, 0.25) is 0 Å². The number of thiazole rings is 1. The Bertz CT molecular complexity index is 531. The van der Waals surface area contributed by atoms with Gasteiger partial charge in [0.1, 0.15) is 5.01 Å². The summed E-state index contributed by atoms with van der Waals surface area (Å²) in [5, 5.41) is 13.1. The number of aromatic nitrogens is 1. The van der Waals surface area contributed by atoms with Crippen LogP contribution in [0.25, 0.3) is 10.6 Å². The SMILES string of the molecule is CCN(Cc1csc(-c2ccccc2)n1)CC(C)(C)O. The standard InChI is InChI=1S/C16H22N2OS/c1-4-18(12-16(2,3)19)10-14-11-20-15(17-14)13-8-6-5-7-9-13/h5-9,11,19H,4,10,12H2,1-3H3. The summed E-state index contributed by atoms with van der Waals surface area (Å²) in [7, 11) is 0. The lowest BCUT2D eigenvalue weighted by Crippen LogP contribution is -2.38. The maximum absolute atomic E-state index is 9.92. The van der Waals surface area contributed by atoms with Gasteiger partial charge in [0, 0.05) is 24.0 Å². The number of likely N-dealkylation sites (N-methyl/N-ethyl adjacent to an activating group) is 1. The minimum Gasteiger partial charge on any atom is -0.389 e. The predicted molar refractivity (Wildman–Crippen MR) is 84.8 cm³/mol. The fraction of sp³-hybridized carbons (Fsp3) is 0.438. The Labute approximate surface area is 124 Å². The molecule has 0 saturated heterocycles. The molecule has 1 aromatic carbocycles. The smallest absolute Gasteiger partial charge is 0.123 e. The van der Waals surface area contributed by atoms with Crippen molar-refractivity contribution >= 4 is 11.3 Å². The molecule has 0 atom stereocenters. The van der Waals surface area contributed by atoms with Crippen LogP contribution in [-0.2, 0) is 6.54 Å². The lowest BCUT2D eigenvalue weighted by atomic mass is 10.1. The van der Waals surface area contributed by atoms with Crippen molar-refractivity contribution < 1.29 is 5.11 Å². The van der Waals surface area contributed by atoms with E-state index in [0.717, 1.165) is 29.4 Å². The molecule has 1 aromatic heterocycles. The highest BCUT2D eigenvalue weighted by molar-refractivity contribution is 7.13. The van der Waals surface area contributed by atoms with E-state index in [2.05, 4.69) is 29.3 Å². The number of rotatable bonds is 6. The van der Waals surface area contributed by atoms with Crippen molar-refractivity contribution in [2.45, 2.75) is 32.9 Å². The molecule has 0 aliphatic heterocycles. The summed E-state index contributed by atoms with van der Waals surface area (Å²) < 4.78 is 0. The van der Waals surface area contributed by atoms with Crippen LogP contribution in [0, 0.1) is 0 Å². The highest BCUT2D eigenvalue weighted by Gasteiger charge is 2.18. The van der Waals surface area contributed by atoms with E-state index >= 15 is 0 Å². The van der Waals surface area contributed by atoms with Crippen molar-refractivity contribution in [2.24, 2.45) is 0 Å². The number of nitrogens with zero attached hydrogens (tertiary/aromatic N) is 2. The highest BCUT2D eigenvalue weighted by Crippen LogP contribution is 2.24. The maximum Gasteiger partial charge on any atom is 0.123 e. The largest absolute Gasteiger partial charge is 0.389 e. The van der Waals surface area contributed by atoms with Crippen molar-refractivity contribution in [3.05, 3.63) is 41.4 Å². The van der Waals surface area contributed by atoms with Gasteiger partial charge in [0.05, 0.1) is 11.3 Å². The van der Waals surface area contributed by atoms with E-state index in [4.69, 9.17) is 4.98 Å². The zero-order chi connectivity index (χ0) is 14.6. The van der Waals surface area contributed by atoms with Crippen molar-refractivity contribution in [3.63, 3.8) is 0 Å². The van der Waals surface area contributed by atoms with Gasteiger partial charge in [0.25, 0.3) is 0 Å². The summed E-state index contributed by atoms with van der Waals surface area (Å²) in [6, 6.07) is 10.2. The Kier molecular flexibility index (Phi) is 4.91. The first-order valence-corrected chi connectivity index (χ1v) is 7.80. The molecule has 0 saturated carbocycles. The van der Waals surface area contributed by atoms with Gasteiger partial charge in [-0.25, -0.2) is 4.98 Å². The Morgan fingerprint density at radius 3 is 2.55 bits per heavy atom. The van der Waals surface area contributed by atoms with Gasteiger partial charge < -0.3 is 5.11 Å². The molecule has 0 amide bonds. The van der Waals surface area contributed by atoms with E-state index in [9.17, 15) is 5.11 Å². The van der Waals surface area contributed by atoms with Crippen LogP contribution in [0.4, 0.5) is 0 Å². The molecule has 4 heteroatoms. The van der Waals surface area contributed by atoms with Gasteiger partial charge in [-0.15, -0.1) is 11.3 Å². The quantitative estimate of drug-likeness (QED) is 0.886. The van der Waals surface area contributed by atoms with Crippen molar-refractivity contribution in [1.82, 2.24) is 9.88 Å². The average Bonchev–Trinajstić information content (AvgIpc) is 2.86. The first kappa shape index (κ1) is 15.2. The van der Waals surface area contributed by atoms with E-state index in [0.29, 0.717) is 6.54 Å². The molecular weight excluding hydrogens is 268 g/mol. The summed E-state index contributed by atoms with van der Waals surface area (Å²) in [4.78, 5) is 6.91. The number of hydrogen-bond donors (Lipinski definition) is 1. The second-order valence-corrected chi connectivity index (χ2v) is 6.48. The minimum absolute atomic E-state index is 0.654. The van der Waals surface area contributed by atoms with Crippen LogP contribution in [-0.4, -0.2) is 33.7 Å². The molecule has 1 N–H and O–H groups in total. The predicted octanol–water partition coefficient (Wildman–Crippen LogP) is 3.40. The van der Waals surface area contributed by atoms with E-state index in [1.165, 1.54) is 0 Å². The molecule has 2 rings (SSSR count). The molecule has 0 aliphatic carbocycles. The normalized spacial score (nSPS) is 12.1. The van der Waals surface area contributed by atoms with Gasteiger partial charge in [-0.3, -0.25) is 4.90 Å². The number of hydrogen-bond acceptors (Lipinski definition) is 4. The van der Waals surface area contributed by atoms with Crippen molar-refractivity contribution in [2.75, 3.05) is 13.1 Å². The molecule has 20 heavy (non-hydrogen) atoms. The molecule has 0 bridgehead atoms. The highest BCUT2D eigenvalue weighted by atomic mass is 32.1. The lowest BCUT2D eigenvalue weighted by Gasteiger charge is -2.27. The van der Waals surface area contributed by atoms with Crippen LogP contribution in [0.1, 0.15) is 26.5 Å². The van der Waals surface area contributed by atoms with Gasteiger partial charge in [-0.05, 0) is 20.4 Å². The molecule has 0 radical (unpaired) electrons. The average molecular weight is 290 g/mol. The third kappa shape index (κ3) is 4.40. The first-order valence-electron chi connectivity index (χ1n) is 6.92. The summed E-state index contributed by atoms with van der Waals surface area (Å²) >= 11 is 1.67. The summed E-state index contributed by atoms with van der Waals surface area (Å²) in [6.45, 7) is 8.13. The maximum atomic E-state index is 9.92. The zero-order valence-electron chi connectivity index (χ0n) is 12.3. The molecule has 108 valence electrons. The topological polar surface area (TPSA) is 36.4 Å². The fourth-order valence-electron chi connectivity index (χ4n) is 2.15. The molecule has 3 nitrogen and oxygen atoms in total. The van der Waals surface area contributed by atoms with E-state index in [1.54, 1.807) is 11.3 Å². The van der Waals surface area contributed by atoms with Gasteiger partial charge in [-0.1, -0.05) is 37.3 Å². The third-order valence-corrected chi connectivity index (χ3v) is 3.96. The van der Waals surface area contributed by atoms with Crippen LogP contribution in [0.3, 0.4) is 0 Å². The molecule has 1 heterocycles. The molecule has 0 spiro atoms. The van der Waals surface area contributed by atoms with Crippen LogP contribution in [0.15, 0.2) is 35.7 Å². The number of aliphatic hydroxyl groups is 1. The van der Waals surface area contributed by atoms with Crippen LogP contribution >= 0.6 is 11.3 Å². The molecule has 0 unspecified atom stereocenters. The Balaban J connectivity index is 2.05. The Hall–Kier alpha value is -1.23. The van der Waals surface area contributed by atoms with Gasteiger partial charge in [0.15, 0.2) is 0 Å². The Morgan fingerprint density at radius 1 is 1.25 bits per heavy atom. The van der Waals surface area contributed by atoms with Gasteiger partial charge >= 0.3 is 0 Å². The lowest BCUT2D eigenvalue weighted by molar-refractivity contribution is 0.0350. The second kappa shape index (κ2) is 6.48. The number of benzene rings is 1. The first-order chi connectivity index (χ1) is 9.48. The second-order valence-electron chi connectivity index (χ2n) is 5.63. The van der Waals surface area contributed by atoms with Crippen molar-refractivity contribution in [3.8, 4) is 10.6 Å². The fourth-order valence-corrected chi connectivity index (χ4v) is 2.97.